The Balaban J connectivity index is 0.000000189. The Bertz CT molecular complexity index is 1700. The fraction of sp³-hybridized carbons (Fsp3) is 0.321. The van der Waals surface area contributed by atoms with E-state index >= 15 is 0 Å². The predicted molar refractivity (Wildman–Crippen MR) is 156 cm³/mol. The first-order chi connectivity index (χ1) is 19.7. The van der Waals surface area contributed by atoms with Gasteiger partial charge in [0.15, 0.2) is 6.29 Å². The zero-order valence-electron chi connectivity index (χ0n) is 24.1. The number of nitrogens with zero attached hydrogens (tertiary/aromatic N) is 8. The maximum Gasteiger partial charge on any atom is 0.255 e. The number of aromatic nitrogens is 9. The van der Waals surface area contributed by atoms with Crippen LogP contribution in [0.15, 0.2) is 31.1 Å². The molecule has 5 aromatic heterocycles. The van der Waals surface area contributed by atoms with Crippen molar-refractivity contribution in [3.05, 3.63) is 82.3 Å². The van der Waals surface area contributed by atoms with Gasteiger partial charge in [-0.15, -0.1) is 0 Å². The van der Waals surface area contributed by atoms with Gasteiger partial charge in [0.2, 0.25) is 0 Å². The van der Waals surface area contributed by atoms with Crippen molar-refractivity contribution in [2.45, 2.75) is 54.6 Å². The molecule has 5 heterocycles. The van der Waals surface area contributed by atoms with Crippen LogP contribution in [-0.2, 0) is 13.1 Å². The van der Waals surface area contributed by atoms with E-state index < -0.39 is 0 Å². The lowest BCUT2D eigenvalue weighted by molar-refractivity contribution is 0.112. The summed E-state index contributed by atoms with van der Waals surface area (Å²) in [5.74, 6) is 2.03. The molecular formula is C28H34N12O. The van der Waals surface area contributed by atoms with Gasteiger partial charge in [0.1, 0.15) is 34.3 Å². The topological polar surface area (TPSA) is 171 Å². The number of pyridine rings is 1. The first kappa shape index (κ1) is 30.3. The molecule has 0 radical (unpaired) electrons. The summed E-state index contributed by atoms with van der Waals surface area (Å²) in [6.45, 7) is 19.7. The quantitative estimate of drug-likeness (QED) is 0.179. The van der Waals surface area contributed by atoms with Crippen molar-refractivity contribution in [1.82, 2.24) is 44.4 Å². The first-order valence-corrected chi connectivity index (χ1v) is 13.0. The average Bonchev–Trinajstić information content (AvgIpc) is 3.65. The van der Waals surface area contributed by atoms with Gasteiger partial charge in [0, 0.05) is 24.0 Å². The molecule has 0 aromatic carbocycles. The molecule has 13 nitrogen and oxygen atoms in total. The number of aldehydes is 1. The summed E-state index contributed by atoms with van der Waals surface area (Å²) in [7, 11) is 0. The van der Waals surface area contributed by atoms with Crippen LogP contribution in [0.2, 0.25) is 0 Å². The Labute approximate surface area is 237 Å². The number of H-pyrrole nitrogens is 2. The third kappa shape index (κ3) is 7.45. The van der Waals surface area contributed by atoms with Crippen LogP contribution in [0.3, 0.4) is 0 Å². The fourth-order valence-corrected chi connectivity index (χ4v) is 4.08. The van der Waals surface area contributed by atoms with Gasteiger partial charge in [-0.1, -0.05) is 0 Å². The SMILES string of the molecule is CCNc1nc(C)nc(C)c1C=O.CCn1c(=N)c(-c2cnc[nH]2)cc2c(C)nc(C)nc21.[C-]#[N+]Cc1cnc[nH]1. The zero-order chi connectivity index (χ0) is 29.9. The third-order valence-corrected chi connectivity index (χ3v) is 5.92. The fourth-order valence-electron chi connectivity index (χ4n) is 4.08. The zero-order valence-corrected chi connectivity index (χ0v) is 24.1. The molecule has 0 aliphatic carbocycles. The van der Waals surface area contributed by atoms with E-state index in [9.17, 15) is 4.79 Å². The molecule has 4 N–H and O–H groups in total. The summed E-state index contributed by atoms with van der Waals surface area (Å²) >= 11 is 0. The molecule has 0 bridgehead atoms. The van der Waals surface area contributed by atoms with Crippen LogP contribution >= 0.6 is 0 Å². The van der Waals surface area contributed by atoms with Gasteiger partial charge in [-0.2, -0.15) is 0 Å². The lowest BCUT2D eigenvalue weighted by Gasteiger charge is -2.13. The number of anilines is 1. The Morgan fingerprint density at radius 1 is 1.00 bits per heavy atom. The highest BCUT2D eigenvalue weighted by Crippen LogP contribution is 2.20. The van der Waals surface area contributed by atoms with Gasteiger partial charge in [-0.25, -0.2) is 36.5 Å². The second kappa shape index (κ2) is 14.2. The molecule has 0 unspecified atom stereocenters. The van der Waals surface area contributed by atoms with Crippen molar-refractivity contribution in [3.63, 3.8) is 0 Å². The maximum absolute atomic E-state index is 10.7. The highest BCUT2D eigenvalue weighted by Gasteiger charge is 2.12. The monoisotopic (exact) mass is 554 g/mol. The van der Waals surface area contributed by atoms with E-state index in [1.807, 2.05) is 45.3 Å². The van der Waals surface area contributed by atoms with Crippen molar-refractivity contribution in [2.75, 3.05) is 11.9 Å². The summed E-state index contributed by atoms with van der Waals surface area (Å²) in [5.41, 5.74) is 5.96. The van der Waals surface area contributed by atoms with Gasteiger partial charge < -0.3 is 24.7 Å². The van der Waals surface area contributed by atoms with Crippen molar-refractivity contribution < 1.29 is 4.79 Å². The summed E-state index contributed by atoms with van der Waals surface area (Å²) in [6, 6.07) is 1.96. The number of nitrogens with one attached hydrogen (secondary N) is 4. The van der Waals surface area contributed by atoms with Gasteiger partial charge in [0.25, 0.3) is 6.54 Å². The molecule has 0 saturated carbocycles. The number of aryl methyl sites for hydroxylation is 5. The summed E-state index contributed by atoms with van der Waals surface area (Å²) in [6.07, 6.45) is 7.35. The van der Waals surface area contributed by atoms with E-state index in [0.717, 1.165) is 58.0 Å². The molecule has 5 rings (SSSR count). The minimum atomic E-state index is 0.403. The van der Waals surface area contributed by atoms with Gasteiger partial charge in [0.05, 0.1) is 47.7 Å². The van der Waals surface area contributed by atoms with Crippen LogP contribution < -0.4 is 10.8 Å². The molecule has 13 heteroatoms. The van der Waals surface area contributed by atoms with E-state index in [4.69, 9.17) is 12.0 Å². The number of rotatable bonds is 6. The smallest absolute Gasteiger partial charge is 0.255 e. The van der Waals surface area contributed by atoms with Crippen LogP contribution in [-0.4, -0.2) is 57.3 Å². The van der Waals surface area contributed by atoms with E-state index in [2.05, 4.69) is 50.0 Å². The van der Waals surface area contributed by atoms with Gasteiger partial charge in [-0.05, 0) is 47.6 Å². The molecule has 0 aliphatic heterocycles. The number of fused-ring (bicyclic) bond motifs is 1. The lowest BCUT2D eigenvalue weighted by atomic mass is 10.1. The standard InChI is InChI=1S/C14H16N6.C9H13N3O.C5H5N3/c1-4-20-13(15)11(12-6-16-7-17-12)5-10-8(2)18-9(3)19-14(10)20;1-4-10-9-8(5-13)6(2)11-7(3)12-9;1-6-2-5-3-7-4-8-5/h5-7,15H,4H2,1-3H3,(H,16,17);5H,4H2,1-3H3,(H,10,11,12);3-4H,2H2,(H,7,8). The van der Waals surface area contributed by atoms with Crippen LogP contribution in [0.4, 0.5) is 5.82 Å². The van der Waals surface area contributed by atoms with E-state index in [1.165, 1.54) is 0 Å². The molecule has 0 fully saturated rings. The Morgan fingerprint density at radius 3 is 2.27 bits per heavy atom. The minimum absolute atomic E-state index is 0.403. The molecule has 0 spiro atoms. The highest BCUT2D eigenvalue weighted by molar-refractivity contribution is 5.84. The number of carbonyl (C=O) groups excluding carboxylic acids is 1. The Kier molecular flexibility index (Phi) is 10.5. The molecule has 0 atom stereocenters. The first-order valence-electron chi connectivity index (χ1n) is 13.0. The second-order valence-electron chi connectivity index (χ2n) is 8.87. The number of aromatic amines is 2. The molecule has 212 valence electrons. The summed E-state index contributed by atoms with van der Waals surface area (Å²) in [5, 5.41) is 12.4. The van der Waals surface area contributed by atoms with E-state index in [-0.39, 0.29) is 0 Å². The van der Waals surface area contributed by atoms with Crippen LogP contribution in [0.1, 0.15) is 52.9 Å². The average molecular weight is 555 g/mol. The van der Waals surface area contributed by atoms with Crippen LogP contribution in [0.5, 0.6) is 0 Å². The van der Waals surface area contributed by atoms with Crippen molar-refractivity contribution >= 4 is 23.1 Å². The molecule has 0 saturated heterocycles. The second-order valence-corrected chi connectivity index (χ2v) is 8.87. The van der Waals surface area contributed by atoms with E-state index in [0.29, 0.717) is 35.8 Å². The third-order valence-electron chi connectivity index (χ3n) is 5.92. The predicted octanol–water partition coefficient (Wildman–Crippen LogP) is 4.10. The molecule has 0 amide bonds. The molecule has 0 aliphatic rings. The lowest BCUT2D eigenvalue weighted by Crippen LogP contribution is -2.23. The van der Waals surface area contributed by atoms with E-state index in [1.54, 1.807) is 32.0 Å². The largest absolute Gasteiger partial charge is 0.370 e. The number of carbonyl (C=O) groups is 1. The van der Waals surface area contributed by atoms with Crippen molar-refractivity contribution in [1.29, 1.82) is 5.41 Å². The normalized spacial score (nSPS) is 10.2. The number of hydrogen-bond donors (Lipinski definition) is 4. The van der Waals surface area contributed by atoms with Gasteiger partial charge in [-0.3, -0.25) is 10.2 Å². The maximum atomic E-state index is 10.7. The van der Waals surface area contributed by atoms with Crippen molar-refractivity contribution in [3.8, 4) is 11.3 Å². The number of hydrogen-bond acceptors (Lipinski definition) is 9. The summed E-state index contributed by atoms with van der Waals surface area (Å²) in [4.78, 5) is 44.7. The highest BCUT2D eigenvalue weighted by atomic mass is 16.1. The minimum Gasteiger partial charge on any atom is -0.370 e. The Morgan fingerprint density at radius 2 is 1.68 bits per heavy atom. The van der Waals surface area contributed by atoms with Crippen LogP contribution in [0, 0.1) is 39.7 Å². The van der Waals surface area contributed by atoms with Gasteiger partial charge >= 0.3 is 0 Å². The Hall–Kier alpha value is -5.25. The van der Waals surface area contributed by atoms with Crippen molar-refractivity contribution in [2.24, 2.45) is 0 Å². The number of imidazole rings is 2. The van der Waals surface area contributed by atoms with Crippen LogP contribution in [0.25, 0.3) is 27.1 Å². The molecule has 41 heavy (non-hydrogen) atoms. The molecule has 5 aromatic rings. The molecular weight excluding hydrogens is 520 g/mol. The summed E-state index contributed by atoms with van der Waals surface area (Å²) < 4.78 is 1.90.